The van der Waals surface area contributed by atoms with Gasteiger partial charge in [0.25, 0.3) is 0 Å². The highest BCUT2D eigenvalue weighted by Gasteiger charge is 2.15. The minimum Gasteiger partial charge on any atom is -0.378 e. The van der Waals surface area contributed by atoms with Crippen LogP contribution in [0.25, 0.3) is 0 Å². The van der Waals surface area contributed by atoms with Crippen molar-refractivity contribution in [3.8, 4) is 0 Å². The van der Waals surface area contributed by atoms with Crippen LogP contribution in [-0.2, 0) is 4.74 Å². The lowest BCUT2D eigenvalue weighted by Gasteiger charge is -2.29. The summed E-state index contributed by atoms with van der Waals surface area (Å²) in [4.78, 5) is 17.1. The minimum atomic E-state index is 0.478. The first-order valence-corrected chi connectivity index (χ1v) is 5.55. The van der Waals surface area contributed by atoms with Crippen molar-refractivity contribution in [2.75, 3.05) is 31.2 Å². The number of aldehydes is 1. The molecule has 1 aliphatic heterocycles. The maximum absolute atomic E-state index is 10.9. The van der Waals surface area contributed by atoms with Crippen LogP contribution in [0.2, 0.25) is 0 Å². The largest absolute Gasteiger partial charge is 0.378 e. The van der Waals surface area contributed by atoms with E-state index in [2.05, 4.69) is 25.8 Å². The third-order valence-corrected chi connectivity index (χ3v) is 2.77. The zero-order valence-corrected chi connectivity index (χ0v) is 9.74. The van der Waals surface area contributed by atoms with Crippen LogP contribution in [0.4, 0.5) is 5.69 Å². The SMILES string of the molecule is O=Cc1nc(Br)ccc1N1CCOCC1. The predicted molar refractivity (Wildman–Crippen MR) is 60.4 cm³/mol. The fourth-order valence-corrected chi connectivity index (χ4v) is 1.92. The Balaban J connectivity index is 2.29. The van der Waals surface area contributed by atoms with Crippen LogP contribution in [0.15, 0.2) is 16.7 Å². The maximum atomic E-state index is 10.9. The number of hydrogen-bond donors (Lipinski definition) is 0. The van der Waals surface area contributed by atoms with Crippen molar-refractivity contribution < 1.29 is 9.53 Å². The van der Waals surface area contributed by atoms with Crippen LogP contribution in [0, 0.1) is 0 Å². The van der Waals surface area contributed by atoms with Crippen molar-refractivity contribution in [3.63, 3.8) is 0 Å². The van der Waals surface area contributed by atoms with Gasteiger partial charge in [-0.3, -0.25) is 4.79 Å². The fraction of sp³-hybridized carbons (Fsp3) is 0.400. The highest BCUT2D eigenvalue weighted by atomic mass is 79.9. The monoisotopic (exact) mass is 270 g/mol. The van der Waals surface area contributed by atoms with E-state index >= 15 is 0 Å². The first-order chi connectivity index (χ1) is 7.31. The molecule has 0 aliphatic carbocycles. The summed E-state index contributed by atoms with van der Waals surface area (Å²) in [7, 11) is 0. The van der Waals surface area contributed by atoms with E-state index in [0.717, 1.165) is 25.1 Å². The summed E-state index contributed by atoms with van der Waals surface area (Å²) < 4.78 is 5.94. The standard InChI is InChI=1S/C10H11BrN2O2/c11-10-2-1-9(8(7-14)12-10)13-3-5-15-6-4-13/h1-2,7H,3-6H2. The van der Waals surface area contributed by atoms with E-state index in [0.29, 0.717) is 23.5 Å². The molecule has 0 unspecified atom stereocenters. The Labute approximate surface area is 96.4 Å². The summed E-state index contributed by atoms with van der Waals surface area (Å²) in [6, 6.07) is 3.75. The summed E-state index contributed by atoms with van der Waals surface area (Å²) in [6.07, 6.45) is 0.787. The molecule has 0 N–H and O–H groups in total. The van der Waals surface area contributed by atoms with Gasteiger partial charge in [-0.15, -0.1) is 0 Å². The van der Waals surface area contributed by atoms with Crippen LogP contribution >= 0.6 is 15.9 Å². The summed E-state index contributed by atoms with van der Waals surface area (Å²) in [6.45, 7) is 3.02. The van der Waals surface area contributed by atoms with Crippen LogP contribution < -0.4 is 4.90 Å². The van der Waals surface area contributed by atoms with E-state index in [1.54, 1.807) is 0 Å². The third-order valence-electron chi connectivity index (χ3n) is 2.33. The molecule has 0 atom stereocenters. The highest BCUT2D eigenvalue weighted by Crippen LogP contribution is 2.21. The normalized spacial score (nSPS) is 16.5. The van der Waals surface area contributed by atoms with E-state index in [1.807, 2.05) is 12.1 Å². The average molecular weight is 271 g/mol. The number of carbonyl (C=O) groups is 1. The Morgan fingerprint density at radius 1 is 1.40 bits per heavy atom. The van der Waals surface area contributed by atoms with Crippen molar-refractivity contribution in [2.24, 2.45) is 0 Å². The zero-order valence-electron chi connectivity index (χ0n) is 8.15. The van der Waals surface area contributed by atoms with Crippen molar-refractivity contribution in [2.45, 2.75) is 0 Å². The van der Waals surface area contributed by atoms with Gasteiger partial charge in [-0.25, -0.2) is 4.98 Å². The quantitative estimate of drug-likeness (QED) is 0.603. The van der Waals surface area contributed by atoms with Gasteiger partial charge in [0.15, 0.2) is 6.29 Å². The van der Waals surface area contributed by atoms with Crippen molar-refractivity contribution in [1.29, 1.82) is 0 Å². The summed E-state index contributed by atoms with van der Waals surface area (Å²) in [5, 5.41) is 0. The van der Waals surface area contributed by atoms with Crippen LogP contribution in [0.1, 0.15) is 10.5 Å². The number of aromatic nitrogens is 1. The molecule has 1 aliphatic rings. The van der Waals surface area contributed by atoms with Crippen LogP contribution in [-0.4, -0.2) is 37.6 Å². The van der Waals surface area contributed by atoms with Crippen LogP contribution in [0.3, 0.4) is 0 Å². The van der Waals surface area contributed by atoms with E-state index in [1.165, 1.54) is 0 Å². The van der Waals surface area contributed by atoms with Crippen molar-refractivity contribution >= 4 is 27.9 Å². The van der Waals surface area contributed by atoms with Gasteiger partial charge in [-0.1, -0.05) is 0 Å². The smallest absolute Gasteiger partial charge is 0.170 e. The summed E-state index contributed by atoms with van der Waals surface area (Å²) in [5.74, 6) is 0. The Morgan fingerprint density at radius 3 is 2.80 bits per heavy atom. The van der Waals surface area contributed by atoms with Gasteiger partial charge in [0.05, 0.1) is 18.9 Å². The third kappa shape index (κ3) is 2.35. The number of morpholine rings is 1. The molecule has 0 spiro atoms. The molecule has 0 saturated carbocycles. The number of carbonyl (C=O) groups excluding carboxylic acids is 1. The molecular formula is C10H11BrN2O2. The molecular weight excluding hydrogens is 260 g/mol. The molecule has 80 valence electrons. The Kier molecular flexibility index (Phi) is 3.33. The van der Waals surface area contributed by atoms with Gasteiger partial charge in [0, 0.05) is 13.1 Å². The molecule has 1 aromatic rings. The predicted octanol–water partition coefficient (Wildman–Crippen LogP) is 1.49. The van der Waals surface area contributed by atoms with Crippen LogP contribution in [0.5, 0.6) is 0 Å². The average Bonchev–Trinajstić information content (AvgIpc) is 2.30. The summed E-state index contributed by atoms with van der Waals surface area (Å²) in [5.41, 5.74) is 1.36. The molecule has 1 fully saturated rings. The Hall–Kier alpha value is -0.940. The molecule has 0 radical (unpaired) electrons. The molecule has 1 saturated heterocycles. The molecule has 4 nitrogen and oxygen atoms in total. The molecule has 1 aromatic heterocycles. The molecule has 0 amide bonds. The second kappa shape index (κ2) is 4.72. The lowest BCUT2D eigenvalue weighted by molar-refractivity contribution is 0.111. The number of rotatable bonds is 2. The van der Waals surface area contributed by atoms with Crippen molar-refractivity contribution in [1.82, 2.24) is 4.98 Å². The number of pyridine rings is 1. The molecule has 5 heteroatoms. The molecule has 2 rings (SSSR count). The van der Waals surface area contributed by atoms with E-state index in [9.17, 15) is 4.79 Å². The summed E-state index contributed by atoms with van der Waals surface area (Å²) >= 11 is 3.25. The molecule has 0 bridgehead atoms. The molecule has 0 aromatic carbocycles. The highest BCUT2D eigenvalue weighted by molar-refractivity contribution is 9.10. The van der Waals surface area contributed by atoms with Gasteiger partial charge in [0.2, 0.25) is 0 Å². The second-order valence-corrected chi connectivity index (χ2v) is 4.07. The topological polar surface area (TPSA) is 42.4 Å². The Bertz CT molecular complexity index is 364. The van der Waals surface area contributed by atoms with E-state index in [4.69, 9.17) is 4.74 Å². The van der Waals surface area contributed by atoms with Gasteiger partial charge >= 0.3 is 0 Å². The number of anilines is 1. The van der Waals surface area contributed by atoms with Gasteiger partial charge < -0.3 is 9.64 Å². The van der Waals surface area contributed by atoms with E-state index in [-0.39, 0.29) is 0 Å². The van der Waals surface area contributed by atoms with Gasteiger partial charge in [0.1, 0.15) is 10.3 Å². The first-order valence-electron chi connectivity index (χ1n) is 4.75. The number of hydrogen-bond acceptors (Lipinski definition) is 4. The minimum absolute atomic E-state index is 0.478. The van der Waals surface area contributed by atoms with Gasteiger partial charge in [-0.2, -0.15) is 0 Å². The number of halogens is 1. The van der Waals surface area contributed by atoms with E-state index < -0.39 is 0 Å². The number of ether oxygens (including phenoxy) is 1. The Morgan fingerprint density at radius 2 is 2.13 bits per heavy atom. The van der Waals surface area contributed by atoms with Gasteiger partial charge in [-0.05, 0) is 28.1 Å². The second-order valence-electron chi connectivity index (χ2n) is 3.26. The maximum Gasteiger partial charge on any atom is 0.170 e. The lowest BCUT2D eigenvalue weighted by atomic mass is 10.2. The number of nitrogens with zero attached hydrogens (tertiary/aromatic N) is 2. The lowest BCUT2D eigenvalue weighted by Crippen LogP contribution is -2.36. The zero-order chi connectivity index (χ0) is 10.7. The fourth-order valence-electron chi connectivity index (χ4n) is 1.60. The first kappa shape index (κ1) is 10.6. The molecule has 15 heavy (non-hydrogen) atoms. The van der Waals surface area contributed by atoms with Crippen molar-refractivity contribution in [3.05, 3.63) is 22.4 Å². The molecule has 2 heterocycles.